The first kappa shape index (κ1) is 13.5. The normalized spacial score (nSPS) is 13.3. The molecule has 18 heavy (non-hydrogen) atoms. The van der Waals surface area contributed by atoms with E-state index in [4.69, 9.17) is 4.98 Å². The van der Waals surface area contributed by atoms with E-state index >= 15 is 0 Å². The third-order valence-electron chi connectivity index (χ3n) is 3.18. The van der Waals surface area contributed by atoms with Crippen molar-refractivity contribution < 1.29 is 0 Å². The van der Waals surface area contributed by atoms with Gasteiger partial charge >= 0.3 is 0 Å². The van der Waals surface area contributed by atoms with Gasteiger partial charge in [0.1, 0.15) is 0 Å². The second-order valence-electron chi connectivity index (χ2n) is 7.15. The fourth-order valence-corrected chi connectivity index (χ4v) is 3.25. The second-order valence-corrected chi connectivity index (χ2v) is 8.18. The van der Waals surface area contributed by atoms with E-state index in [1.807, 2.05) is 11.3 Å². The van der Waals surface area contributed by atoms with Gasteiger partial charge in [-0.1, -0.05) is 41.5 Å². The van der Waals surface area contributed by atoms with Crippen molar-refractivity contribution in [3.63, 3.8) is 0 Å². The van der Waals surface area contributed by atoms with E-state index in [9.17, 15) is 0 Å². The standard InChI is InChI=1S/C16H23NS/c1-10-8-12-13(9-11(10)15(2,3)4)18-14(17-12)16(5,6)7/h8-9H,1-7H3. The molecule has 0 spiro atoms. The maximum Gasteiger partial charge on any atom is 0.0992 e. The molecule has 0 saturated carbocycles. The van der Waals surface area contributed by atoms with E-state index in [0.29, 0.717) is 0 Å². The Balaban J connectivity index is 2.65. The molecule has 0 aliphatic carbocycles. The second kappa shape index (κ2) is 4.06. The van der Waals surface area contributed by atoms with Crippen LogP contribution in [0.25, 0.3) is 10.2 Å². The number of aryl methyl sites for hydroxylation is 1. The predicted octanol–water partition coefficient (Wildman–Crippen LogP) is 5.20. The highest BCUT2D eigenvalue weighted by atomic mass is 32.1. The number of thiazole rings is 1. The molecular weight excluding hydrogens is 238 g/mol. The molecule has 0 radical (unpaired) electrons. The fourth-order valence-electron chi connectivity index (χ4n) is 2.21. The molecule has 0 amide bonds. The van der Waals surface area contributed by atoms with Crippen LogP contribution in [0, 0.1) is 6.92 Å². The molecule has 1 heterocycles. The summed E-state index contributed by atoms with van der Waals surface area (Å²) < 4.78 is 1.32. The molecule has 0 bridgehead atoms. The van der Waals surface area contributed by atoms with E-state index in [-0.39, 0.29) is 10.8 Å². The van der Waals surface area contributed by atoms with Crippen LogP contribution < -0.4 is 0 Å². The summed E-state index contributed by atoms with van der Waals surface area (Å²) in [4.78, 5) is 4.79. The molecule has 2 heteroatoms. The number of fused-ring (bicyclic) bond motifs is 1. The van der Waals surface area contributed by atoms with E-state index < -0.39 is 0 Å². The van der Waals surface area contributed by atoms with Gasteiger partial charge in [-0.25, -0.2) is 4.98 Å². The Kier molecular flexibility index (Phi) is 3.05. The van der Waals surface area contributed by atoms with Crippen LogP contribution in [0.4, 0.5) is 0 Å². The molecule has 2 aromatic rings. The lowest BCUT2D eigenvalue weighted by Gasteiger charge is -2.21. The van der Waals surface area contributed by atoms with Crippen LogP contribution in [0.1, 0.15) is 57.7 Å². The summed E-state index contributed by atoms with van der Waals surface area (Å²) in [6.45, 7) is 15.7. The van der Waals surface area contributed by atoms with Gasteiger partial charge in [0.15, 0.2) is 0 Å². The van der Waals surface area contributed by atoms with Gasteiger partial charge in [-0.3, -0.25) is 0 Å². The zero-order chi connectivity index (χ0) is 13.7. The van der Waals surface area contributed by atoms with Crippen molar-refractivity contribution in [2.75, 3.05) is 0 Å². The van der Waals surface area contributed by atoms with E-state index in [1.165, 1.54) is 20.8 Å². The zero-order valence-electron chi connectivity index (χ0n) is 12.5. The summed E-state index contributed by atoms with van der Waals surface area (Å²) in [6.07, 6.45) is 0. The summed E-state index contributed by atoms with van der Waals surface area (Å²) in [5.41, 5.74) is 4.26. The lowest BCUT2D eigenvalue weighted by molar-refractivity contribution is 0.585. The highest BCUT2D eigenvalue weighted by molar-refractivity contribution is 7.18. The highest BCUT2D eigenvalue weighted by Gasteiger charge is 2.21. The predicted molar refractivity (Wildman–Crippen MR) is 81.8 cm³/mol. The van der Waals surface area contributed by atoms with Gasteiger partial charge in [0.25, 0.3) is 0 Å². The molecule has 0 unspecified atom stereocenters. The average Bonchev–Trinajstić information content (AvgIpc) is 2.56. The van der Waals surface area contributed by atoms with Crippen molar-refractivity contribution in [1.82, 2.24) is 4.98 Å². The molecule has 1 aromatic heterocycles. The first-order valence-corrected chi connectivity index (χ1v) is 7.33. The Morgan fingerprint density at radius 1 is 0.944 bits per heavy atom. The number of aromatic nitrogens is 1. The highest BCUT2D eigenvalue weighted by Crippen LogP contribution is 2.35. The summed E-state index contributed by atoms with van der Waals surface area (Å²) in [5, 5.41) is 1.22. The van der Waals surface area contributed by atoms with E-state index in [1.54, 1.807) is 0 Å². The molecule has 1 aromatic carbocycles. The Morgan fingerprint density at radius 2 is 1.56 bits per heavy atom. The lowest BCUT2D eigenvalue weighted by Crippen LogP contribution is -2.12. The van der Waals surface area contributed by atoms with Gasteiger partial charge in [0.2, 0.25) is 0 Å². The molecular formula is C16H23NS. The molecule has 0 atom stereocenters. The van der Waals surface area contributed by atoms with Crippen LogP contribution in [0.2, 0.25) is 0 Å². The van der Waals surface area contributed by atoms with Crippen molar-refractivity contribution in [1.29, 1.82) is 0 Å². The van der Waals surface area contributed by atoms with Crippen molar-refractivity contribution >= 4 is 21.6 Å². The maximum absolute atomic E-state index is 4.79. The minimum atomic E-state index is 0.138. The zero-order valence-corrected chi connectivity index (χ0v) is 13.3. The first-order chi connectivity index (χ1) is 8.09. The summed E-state index contributed by atoms with van der Waals surface area (Å²) in [7, 11) is 0. The third-order valence-corrected chi connectivity index (χ3v) is 4.63. The van der Waals surface area contributed by atoms with Crippen molar-refractivity contribution in [3.05, 3.63) is 28.3 Å². The van der Waals surface area contributed by atoms with Gasteiger partial charge in [-0.15, -0.1) is 11.3 Å². The number of hydrogen-bond acceptors (Lipinski definition) is 2. The van der Waals surface area contributed by atoms with Crippen LogP contribution in [0.3, 0.4) is 0 Å². The summed E-state index contributed by atoms with van der Waals surface area (Å²) in [6, 6.07) is 4.57. The summed E-state index contributed by atoms with van der Waals surface area (Å²) >= 11 is 1.83. The number of rotatable bonds is 0. The molecule has 1 nitrogen and oxygen atoms in total. The van der Waals surface area contributed by atoms with Crippen molar-refractivity contribution in [3.8, 4) is 0 Å². The fraction of sp³-hybridized carbons (Fsp3) is 0.562. The monoisotopic (exact) mass is 261 g/mol. The Hall–Kier alpha value is -0.890. The first-order valence-electron chi connectivity index (χ1n) is 6.51. The van der Waals surface area contributed by atoms with Crippen LogP contribution in [0.15, 0.2) is 12.1 Å². The van der Waals surface area contributed by atoms with Crippen LogP contribution >= 0.6 is 11.3 Å². The molecule has 98 valence electrons. The number of nitrogens with zero attached hydrogens (tertiary/aromatic N) is 1. The average molecular weight is 261 g/mol. The van der Waals surface area contributed by atoms with Gasteiger partial charge in [-0.2, -0.15) is 0 Å². The van der Waals surface area contributed by atoms with Crippen LogP contribution in [-0.4, -0.2) is 4.98 Å². The third kappa shape index (κ3) is 2.44. The van der Waals surface area contributed by atoms with Crippen molar-refractivity contribution in [2.45, 2.75) is 59.3 Å². The van der Waals surface area contributed by atoms with Gasteiger partial charge in [-0.05, 0) is 35.6 Å². The van der Waals surface area contributed by atoms with Gasteiger partial charge in [0.05, 0.1) is 15.2 Å². The number of benzene rings is 1. The van der Waals surface area contributed by atoms with Crippen LogP contribution in [0.5, 0.6) is 0 Å². The van der Waals surface area contributed by atoms with Crippen LogP contribution in [-0.2, 0) is 10.8 Å². The van der Waals surface area contributed by atoms with Crippen molar-refractivity contribution in [2.24, 2.45) is 0 Å². The largest absolute Gasteiger partial charge is 0.241 e. The minimum absolute atomic E-state index is 0.138. The lowest BCUT2D eigenvalue weighted by atomic mass is 9.84. The van der Waals surface area contributed by atoms with E-state index in [0.717, 1.165) is 5.52 Å². The smallest absolute Gasteiger partial charge is 0.0992 e. The maximum atomic E-state index is 4.79. The number of hydrogen-bond donors (Lipinski definition) is 0. The Labute approximate surface area is 114 Å². The molecule has 0 saturated heterocycles. The SMILES string of the molecule is Cc1cc2nc(C(C)(C)C)sc2cc1C(C)(C)C. The molecule has 0 aliphatic rings. The van der Waals surface area contributed by atoms with E-state index in [2.05, 4.69) is 60.6 Å². The molecule has 2 rings (SSSR count). The topological polar surface area (TPSA) is 12.9 Å². The molecule has 0 fully saturated rings. The minimum Gasteiger partial charge on any atom is -0.241 e. The summed E-state index contributed by atoms with van der Waals surface area (Å²) in [5.74, 6) is 0. The van der Waals surface area contributed by atoms with Gasteiger partial charge < -0.3 is 0 Å². The van der Waals surface area contributed by atoms with Gasteiger partial charge in [0, 0.05) is 5.41 Å². The molecule has 0 N–H and O–H groups in total. The quantitative estimate of drug-likeness (QED) is 0.635. The Morgan fingerprint density at radius 3 is 2.06 bits per heavy atom. The Bertz CT molecular complexity index is 579. The molecule has 0 aliphatic heterocycles.